The van der Waals surface area contributed by atoms with E-state index in [1.54, 1.807) is 24.3 Å². The maximum atomic E-state index is 14.3. The van der Waals surface area contributed by atoms with E-state index in [2.05, 4.69) is 129 Å². The van der Waals surface area contributed by atoms with Gasteiger partial charge < -0.3 is 25.1 Å². The fraction of sp³-hybridized carbons (Fsp3) is 0.358. The summed E-state index contributed by atoms with van der Waals surface area (Å²) in [5, 5.41) is 42.8. The minimum atomic E-state index is -0.998. The first-order valence-electron chi connectivity index (χ1n) is 27.6. The molecule has 77 heavy (non-hydrogen) atoms. The van der Waals surface area contributed by atoms with Crippen molar-refractivity contribution in [3.8, 4) is 0 Å². The largest absolute Gasteiger partial charge is 0.871 e. The second kappa shape index (κ2) is 18.0. The maximum Gasteiger partial charge on any atom is 0.335 e. The van der Waals surface area contributed by atoms with E-state index in [1.807, 2.05) is 52.2 Å². The van der Waals surface area contributed by atoms with Crippen molar-refractivity contribution in [2.45, 2.75) is 129 Å². The Morgan fingerprint density at radius 3 is 1.91 bits per heavy atom. The molecular formula is C67H70N4O6. The number of benzene rings is 5. The summed E-state index contributed by atoms with van der Waals surface area (Å²) in [5.41, 5.74) is 10.4. The number of anilines is 2. The fourth-order valence-corrected chi connectivity index (χ4v) is 13.8. The molecule has 10 heteroatoms. The first kappa shape index (κ1) is 51.5. The zero-order valence-electron chi connectivity index (χ0n) is 46.7. The molecule has 1 N–H and O–H groups in total. The highest BCUT2D eigenvalue weighted by molar-refractivity contribution is 6.25. The van der Waals surface area contributed by atoms with Crippen LogP contribution in [0, 0.1) is 0 Å². The summed E-state index contributed by atoms with van der Waals surface area (Å²) >= 11 is 0. The molecule has 0 saturated carbocycles. The number of unbranched alkanes of at least 4 members (excludes halogenated alkanes) is 5. The lowest BCUT2D eigenvalue weighted by Gasteiger charge is -2.32. The molecule has 10 nitrogen and oxygen atoms in total. The molecule has 0 bridgehead atoms. The summed E-state index contributed by atoms with van der Waals surface area (Å²) in [6, 6.07) is 26.5. The number of hydrogen-bond donors (Lipinski definition) is 1. The Hall–Kier alpha value is -7.59. The average molecular weight is 1030 g/mol. The fourth-order valence-electron chi connectivity index (χ4n) is 13.8. The highest BCUT2D eigenvalue weighted by Gasteiger charge is 2.49. The predicted molar refractivity (Wildman–Crippen MR) is 305 cm³/mol. The van der Waals surface area contributed by atoms with Crippen LogP contribution in [0.4, 0.5) is 22.7 Å². The predicted octanol–water partition coefficient (Wildman–Crippen LogP) is 11.7. The topological polar surface area (TPSA) is 130 Å². The van der Waals surface area contributed by atoms with Crippen LogP contribution < -0.4 is 20.0 Å². The lowest BCUT2D eigenvalue weighted by molar-refractivity contribution is -0.438. The van der Waals surface area contributed by atoms with E-state index in [9.17, 15) is 29.7 Å². The monoisotopic (exact) mass is 1030 g/mol. The molecule has 11 rings (SSSR count). The number of Topliss-reactive ketones (excluding diaryl/α,β-unsaturated/α-hetero) is 2. The number of carboxylic acids is 1. The van der Waals surface area contributed by atoms with Crippen LogP contribution in [0.15, 0.2) is 148 Å². The van der Waals surface area contributed by atoms with Crippen molar-refractivity contribution in [1.29, 1.82) is 0 Å². The van der Waals surface area contributed by atoms with Gasteiger partial charge in [-0.2, -0.15) is 9.15 Å². The van der Waals surface area contributed by atoms with Crippen LogP contribution in [-0.2, 0) is 31.2 Å². The smallest absolute Gasteiger partial charge is 0.335 e. The molecule has 0 unspecified atom stereocenters. The van der Waals surface area contributed by atoms with Crippen LogP contribution in [0.1, 0.15) is 140 Å². The van der Waals surface area contributed by atoms with Gasteiger partial charge in [-0.05, 0) is 99.4 Å². The molecule has 4 heterocycles. The quantitative estimate of drug-likeness (QED) is 0.0701. The molecule has 2 aliphatic carbocycles. The lowest BCUT2D eigenvalue weighted by Crippen LogP contribution is -2.34. The number of allylic oxidation sites excluding steroid dienone is 10. The summed E-state index contributed by atoms with van der Waals surface area (Å²) < 4.78 is 4.31. The van der Waals surface area contributed by atoms with Crippen LogP contribution >= 0.6 is 0 Å². The van der Waals surface area contributed by atoms with Gasteiger partial charge in [0.2, 0.25) is 11.4 Å². The van der Waals surface area contributed by atoms with Crippen LogP contribution in [-0.4, -0.2) is 70.4 Å². The van der Waals surface area contributed by atoms with Crippen molar-refractivity contribution in [3.63, 3.8) is 0 Å². The van der Waals surface area contributed by atoms with Crippen LogP contribution in [0.3, 0.4) is 0 Å². The van der Waals surface area contributed by atoms with Crippen molar-refractivity contribution in [3.05, 3.63) is 176 Å². The molecule has 0 aromatic heterocycles. The van der Waals surface area contributed by atoms with E-state index < -0.39 is 27.6 Å². The first-order chi connectivity index (χ1) is 36.5. The second-order valence-corrected chi connectivity index (χ2v) is 24.1. The van der Waals surface area contributed by atoms with Gasteiger partial charge in [0.05, 0.1) is 27.5 Å². The van der Waals surface area contributed by atoms with Crippen molar-refractivity contribution in [2.75, 3.05) is 37.0 Å². The molecule has 0 amide bonds. The molecule has 0 radical (unpaired) electrons. The minimum absolute atomic E-state index is 0.140. The number of carboxylic acid groups (broad SMARTS) is 1. The van der Waals surface area contributed by atoms with Gasteiger partial charge in [0, 0.05) is 105 Å². The number of aromatic carboxylic acids is 1. The van der Waals surface area contributed by atoms with Crippen LogP contribution in [0.25, 0.3) is 21.5 Å². The van der Waals surface area contributed by atoms with Crippen LogP contribution in [0.5, 0.6) is 0 Å². The zero-order valence-corrected chi connectivity index (χ0v) is 46.7. The van der Waals surface area contributed by atoms with E-state index in [-0.39, 0.29) is 50.9 Å². The number of nitrogens with zero attached hydrogens (tertiary/aromatic N) is 4. The zero-order chi connectivity index (χ0) is 55.0. The number of likely N-dealkylation sites (N-methyl/N-ethyl adjacent to an activating group) is 2. The van der Waals surface area contributed by atoms with Crippen molar-refractivity contribution >= 4 is 73.3 Å². The van der Waals surface area contributed by atoms with E-state index in [0.29, 0.717) is 13.1 Å². The van der Waals surface area contributed by atoms with Gasteiger partial charge in [-0.15, -0.1) is 0 Å². The second-order valence-electron chi connectivity index (χ2n) is 24.1. The Morgan fingerprint density at radius 2 is 1.25 bits per heavy atom. The number of rotatable bonds is 13. The van der Waals surface area contributed by atoms with E-state index >= 15 is 0 Å². The van der Waals surface area contributed by atoms with Crippen LogP contribution in [0.2, 0.25) is 0 Å². The summed E-state index contributed by atoms with van der Waals surface area (Å²) in [6.07, 6.45) is 13.9. The molecule has 0 saturated heterocycles. The summed E-state index contributed by atoms with van der Waals surface area (Å²) in [6.45, 7) is 22.6. The summed E-state index contributed by atoms with van der Waals surface area (Å²) in [5.74, 6) is -2.09. The normalized spacial score (nSPS) is 21.7. The number of carbonyl (C=O) groups is 3. The first-order valence-corrected chi connectivity index (χ1v) is 27.6. The lowest BCUT2D eigenvalue weighted by atomic mass is 9.76. The number of hydrogen-bond acceptors (Lipinski definition) is 7. The maximum absolute atomic E-state index is 14.3. The van der Waals surface area contributed by atoms with Gasteiger partial charge in [0.1, 0.15) is 13.6 Å². The van der Waals surface area contributed by atoms with Gasteiger partial charge >= 0.3 is 5.97 Å². The molecular weight excluding hydrogens is 957 g/mol. The summed E-state index contributed by atoms with van der Waals surface area (Å²) in [7, 11) is 4.00. The average Bonchev–Trinajstić information content (AvgIpc) is 4.18. The van der Waals surface area contributed by atoms with Crippen molar-refractivity contribution < 1.29 is 38.9 Å². The molecule has 0 atom stereocenters. The molecule has 0 spiro atoms. The number of fused-ring (bicyclic) bond motifs is 9. The minimum Gasteiger partial charge on any atom is -0.871 e. The van der Waals surface area contributed by atoms with E-state index in [4.69, 9.17) is 0 Å². The third-order valence-electron chi connectivity index (χ3n) is 18.2. The third-order valence-corrected chi connectivity index (χ3v) is 18.2. The Bertz CT molecular complexity index is 3790. The van der Waals surface area contributed by atoms with Gasteiger partial charge in [0.15, 0.2) is 23.0 Å². The molecule has 394 valence electrons. The standard InChI is InChI=1S/C67H70N4O6/c1-13-15-16-17-18-21-32-71-50-30-25-39(63(76)77)33-49(50)66(7,8)54(71)36-45-59(72)43(60(45)73)34-52-64(3,4)47-28-26-42-41(57(47)68(52)11)27-29-48-58(42)69(12)53(65(48,5)6)35-44-61(74)46(62(44)75)37-55-67(9,10)56-40-23-20-19-22-38(40)24-31-51(56)70(55)14-2/h19-20,22-31,33-37H,13-18,21,32H2,1-12H3,(H-2,72,73,74,75,76,77). The van der Waals surface area contributed by atoms with Gasteiger partial charge in [0.25, 0.3) is 0 Å². The number of carbonyl (C=O) groups excluding carboxylic acids is 2. The highest BCUT2D eigenvalue weighted by atomic mass is 16.4. The number of ketones is 2. The Morgan fingerprint density at radius 1 is 0.636 bits per heavy atom. The molecule has 0 fully saturated rings. The van der Waals surface area contributed by atoms with E-state index in [1.165, 1.54) is 30.2 Å². The van der Waals surface area contributed by atoms with Crippen molar-refractivity contribution in [1.82, 2.24) is 0 Å². The van der Waals surface area contributed by atoms with Gasteiger partial charge in [-0.25, -0.2) is 4.79 Å². The molecule has 4 aliphatic heterocycles. The summed E-state index contributed by atoms with van der Waals surface area (Å²) in [4.78, 5) is 45.0. The molecule has 5 aromatic rings. The van der Waals surface area contributed by atoms with Gasteiger partial charge in [-0.1, -0.05) is 120 Å². The Labute approximate surface area is 452 Å². The Kier molecular flexibility index (Phi) is 12.0. The molecule has 5 aromatic carbocycles. The SMILES string of the molecule is CCCCCCCC[N+]1=C(/C=C2/C(=O)C(/C=C3\N(C)c4c(ccc5c6c(ccc45)C(C)(C)C(/C=C4/C(=O)C(/C=C5\N(CC)c7ccc8ccccc8c7C5(C)C)=C4[O-])=[N+]6C)C3(C)C)=C2[O-])C(C)(C)c2cc(C(=O)O)ccc21. The van der Waals surface area contributed by atoms with Crippen molar-refractivity contribution in [2.24, 2.45) is 0 Å². The Balaban J connectivity index is 0.917. The molecule has 6 aliphatic rings. The van der Waals surface area contributed by atoms with E-state index in [0.717, 1.165) is 97.7 Å². The highest BCUT2D eigenvalue weighted by Crippen LogP contribution is 2.55. The van der Waals surface area contributed by atoms with Gasteiger partial charge in [-0.3, -0.25) is 9.59 Å². The third kappa shape index (κ3) is 7.44.